The van der Waals surface area contributed by atoms with Crippen molar-refractivity contribution in [2.75, 3.05) is 19.6 Å². The summed E-state index contributed by atoms with van der Waals surface area (Å²) in [6.07, 6.45) is 1.86. The van der Waals surface area contributed by atoms with Crippen molar-refractivity contribution in [1.29, 1.82) is 0 Å². The molecule has 4 heteroatoms. The number of hydrogen-bond acceptors (Lipinski definition) is 2. The molecule has 0 spiro atoms. The van der Waals surface area contributed by atoms with E-state index in [0.717, 1.165) is 31.5 Å². The lowest BCUT2D eigenvalue weighted by molar-refractivity contribution is -0.132. The molecule has 0 radical (unpaired) electrons. The van der Waals surface area contributed by atoms with E-state index >= 15 is 0 Å². The molecule has 1 aromatic rings. The van der Waals surface area contributed by atoms with Crippen LogP contribution in [0.5, 0.6) is 0 Å². The number of hydrogen-bond donors (Lipinski definition) is 1. The maximum Gasteiger partial charge on any atom is 0.332 e. The number of halogens is 1. The number of rotatable bonds is 5. The molecule has 0 amide bonds. The minimum Gasteiger partial charge on any atom is -0.478 e. The predicted molar refractivity (Wildman–Crippen MR) is 71.4 cm³/mol. The second-order valence-corrected chi connectivity index (χ2v) is 5.13. The number of carboxylic acids is 1. The molecular weight excluding hydrogens is 245 g/mol. The first-order chi connectivity index (χ1) is 9.04. The van der Waals surface area contributed by atoms with Crippen molar-refractivity contribution >= 4 is 5.97 Å². The van der Waals surface area contributed by atoms with Crippen LogP contribution in [-0.2, 0) is 11.2 Å². The van der Waals surface area contributed by atoms with E-state index < -0.39 is 5.97 Å². The summed E-state index contributed by atoms with van der Waals surface area (Å²) in [7, 11) is 0. The minimum absolute atomic E-state index is 0.202. The van der Waals surface area contributed by atoms with Gasteiger partial charge in [0.15, 0.2) is 0 Å². The van der Waals surface area contributed by atoms with Crippen molar-refractivity contribution in [3.8, 4) is 0 Å². The van der Waals surface area contributed by atoms with Gasteiger partial charge in [-0.2, -0.15) is 0 Å². The van der Waals surface area contributed by atoms with Gasteiger partial charge < -0.3 is 5.11 Å². The van der Waals surface area contributed by atoms with Crippen LogP contribution in [0.25, 0.3) is 0 Å². The van der Waals surface area contributed by atoms with Crippen LogP contribution in [0.4, 0.5) is 4.39 Å². The Labute approximate surface area is 112 Å². The first-order valence-corrected chi connectivity index (χ1v) is 6.42. The van der Waals surface area contributed by atoms with Crippen molar-refractivity contribution in [1.82, 2.24) is 4.90 Å². The zero-order valence-electron chi connectivity index (χ0n) is 10.8. The summed E-state index contributed by atoms with van der Waals surface area (Å²) in [6, 6.07) is 6.67. The molecule has 1 unspecified atom stereocenters. The van der Waals surface area contributed by atoms with E-state index in [0.29, 0.717) is 12.5 Å². The number of nitrogens with zero attached hydrogens (tertiary/aromatic N) is 1. The molecule has 102 valence electrons. The van der Waals surface area contributed by atoms with Crippen molar-refractivity contribution in [3.05, 3.63) is 47.8 Å². The van der Waals surface area contributed by atoms with Crippen LogP contribution in [0.3, 0.4) is 0 Å². The molecule has 1 atom stereocenters. The summed E-state index contributed by atoms with van der Waals surface area (Å²) in [5.41, 5.74) is 1.23. The molecule has 0 saturated carbocycles. The van der Waals surface area contributed by atoms with Gasteiger partial charge in [-0.15, -0.1) is 0 Å². The van der Waals surface area contributed by atoms with Crippen molar-refractivity contribution in [3.63, 3.8) is 0 Å². The Kier molecular flexibility index (Phi) is 4.32. The SMILES string of the molecule is C=C(CN1CCC(Cc2cccc(F)c2)C1)C(=O)O. The second kappa shape index (κ2) is 5.97. The highest BCUT2D eigenvalue weighted by Gasteiger charge is 2.24. The van der Waals surface area contributed by atoms with Gasteiger partial charge in [0.2, 0.25) is 0 Å². The van der Waals surface area contributed by atoms with Gasteiger partial charge in [0, 0.05) is 18.7 Å². The Morgan fingerprint density at radius 3 is 3.00 bits per heavy atom. The molecule has 1 fully saturated rings. The van der Waals surface area contributed by atoms with Gasteiger partial charge in [-0.25, -0.2) is 9.18 Å². The first kappa shape index (κ1) is 13.7. The Morgan fingerprint density at radius 2 is 2.32 bits per heavy atom. The maximum absolute atomic E-state index is 13.1. The molecule has 1 aromatic carbocycles. The van der Waals surface area contributed by atoms with Crippen LogP contribution in [0, 0.1) is 11.7 Å². The third kappa shape index (κ3) is 3.89. The van der Waals surface area contributed by atoms with Crippen LogP contribution in [0.2, 0.25) is 0 Å². The number of carboxylic acid groups (broad SMARTS) is 1. The summed E-state index contributed by atoms with van der Waals surface area (Å²) in [6.45, 7) is 5.69. The third-order valence-electron chi connectivity index (χ3n) is 3.50. The second-order valence-electron chi connectivity index (χ2n) is 5.13. The number of benzene rings is 1. The molecule has 2 rings (SSSR count). The smallest absolute Gasteiger partial charge is 0.332 e. The third-order valence-corrected chi connectivity index (χ3v) is 3.50. The van der Waals surface area contributed by atoms with Crippen molar-refractivity contribution < 1.29 is 14.3 Å². The van der Waals surface area contributed by atoms with E-state index in [1.54, 1.807) is 12.1 Å². The van der Waals surface area contributed by atoms with E-state index in [1.807, 2.05) is 6.07 Å². The number of aliphatic carboxylic acids is 1. The number of likely N-dealkylation sites (tertiary alicyclic amines) is 1. The molecule has 1 aliphatic rings. The zero-order valence-corrected chi connectivity index (χ0v) is 10.8. The number of carbonyl (C=O) groups is 1. The van der Waals surface area contributed by atoms with E-state index in [-0.39, 0.29) is 11.4 Å². The van der Waals surface area contributed by atoms with Crippen LogP contribution in [0.15, 0.2) is 36.4 Å². The Morgan fingerprint density at radius 1 is 1.53 bits per heavy atom. The molecule has 1 N–H and O–H groups in total. The lowest BCUT2D eigenvalue weighted by Gasteiger charge is -2.15. The van der Waals surface area contributed by atoms with Gasteiger partial charge in [-0.3, -0.25) is 4.90 Å². The highest BCUT2D eigenvalue weighted by molar-refractivity contribution is 5.86. The monoisotopic (exact) mass is 263 g/mol. The largest absolute Gasteiger partial charge is 0.478 e. The van der Waals surface area contributed by atoms with E-state index in [2.05, 4.69) is 11.5 Å². The van der Waals surface area contributed by atoms with Crippen LogP contribution in [0.1, 0.15) is 12.0 Å². The lowest BCUT2D eigenvalue weighted by atomic mass is 9.99. The molecule has 0 aromatic heterocycles. The Bertz CT molecular complexity index is 487. The van der Waals surface area contributed by atoms with E-state index in [4.69, 9.17) is 5.11 Å². The standard InChI is InChI=1S/C15H18FNO2/c1-11(15(18)19)9-17-6-5-13(10-17)7-12-3-2-4-14(16)8-12/h2-4,8,13H,1,5-7,9-10H2,(H,18,19). The van der Waals surface area contributed by atoms with Crippen LogP contribution in [-0.4, -0.2) is 35.6 Å². The average Bonchev–Trinajstić information content (AvgIpc) is 2.76. The fraction of sp³-hybridized carbons (Fsp3) is 0.400. The molecule has 0 aliphatic carbocycles. The minimum atomic E-state index is -0.936. The fourth-order valence-corrected chi connectivity index (χ4v) is 2.56. The Balaban J connectivity index is 1.85. The van der Waals surface area contributed by atoms with E-state index in [9.17, 15) is 9.18 Å². The maximum atomic E-state index is 13.1. The van der Waals surface area contributed by atoms with Crippen molar-refractivity contribution in [2.24, 2.45) is 5.92 Å². The summed E-state index contributed by atoms with van der Waals surface area (Å²) >= 11 is 0. The lowest BCUT2D eigenvalue weighted by Crippen LogP contribution is -2.25. The zero-order chi connectivity index (χ0) is 13.8. The molecule has 1 aliphatic heterocycles. The van der Waals surface area contributed by atoms with Gasteiger partial charge in [0.05, 0.1) is 0 Å². The summed E-state index contributed by atoms with van der Waals surface area (Å²) in [5, 5.41) is 8.81. The van der Waals surface area contributed by atoms with Gasteiger partial charge in [0.1, 0.15) is 5.82 Å². The highest BCUT2D eigenvalue weighted by atomic mass is 19.1. The molecule has 1 saturated heterocycles. The van der Waals surface area contributed by atoms with Crippen LogP contribution >= 0.6 is 0 Å². The topological polar surface area (TPSA) is 40.5 Å². The molecule has 0 bridgehead atoms. The van der Waals surface area contributed by atoms with Gasteiger partial charge >= 0.3 is 5.97 Å². The summed E-state index contributed by atoms with van der Waals surface area (Å²) in [4.78, 5) is 12.8. The quantitative estimate of drug-likeness (QED) is 0.829. The molecule has 3 nitrogen and oxygen atoms in total. The highest BCUT2D eigenvalue weighted by Crippen LogP contribution is 2.21. The Hall–Kier alpha value is -1.68. The van der Waals surface area contributed by atoms with Gasteiger partial charge in [-0.1, -0.05) is 18.7 Å². The van der Waals surface area contributed by atoms with Gasteiger partial charge in [0.25, 0.3) is 0 Å². The normalized spacial score (nSPS) is 19.5. The van der Waals surface area contributed by atoms with Gasteiger partial charge in [-0.05, 0) is 43.0 Å². The van der Waals surface area contributed by atoms with E-state index in [1.165, 1.54) is 6.07 Å². The predicted octanol–water partition coefficient (Wildman–Crippen LogP) is 2.33. The van der Waals surface area contributed by atoms with Crippen molar-refractivity contribution in [2.45, 2.75) is 12.8 Å². The fourth-order valence-electron chi connectivity index (χ4n) is 2.56. The average molecular weight is 263 g/mol. The first-order valence-electron chi connectivity index (χ1n) is 6.42. The summed E-state index contributed by atoms with van der Waals surface area (Å²) < 4.78 is 13.1. The molecule has 19 heavy (non-hydrogen) atoms. The molecular formula is C15H18FNO2. The summed E-state index contributed by atoms with van der Waals surface area (Å²) in [5.74, 6) is -0.677. The molecule has 1 heterocycles. The van der Waals surface area contributed by atoms with Crippen LogP contribution < -0.4 is 0 Å².